The summed E-state index contributed by atoms with van der Waals surface area (Å²) in [6.45, 7) is 0. The summed E-state index contributed by atoms with van der Waals surface area (Å²) in [5.74, 6) is -1.48. The molecule has 2 heterocycles. The molecule has 0 unspecified atom stereocenters. The lowest BCUT2D eigenvalue weighted by Crippen LogP contribution is -2.29. The van der Waals surface area contributed by atoms with Gasteiger partial charge in [-0.3, -0.25) is 24.4 Å². The molecule has 3 aromatic rings. The van der Waals surface area contributed by atoms with Crippen molar-refractivity contribution in [1.29, 1.82) is 0 Å². The topological polar surface area (TPSA) is 175 Å². The number of nitrogens with zero attached hydrogens (tertiary/aromatic N) is 1. The maximum Gasteiger partial charge on any atom is 0.328 e. The van der Waals surface area contributed by atoms with Gasteiger partial charge < -0.3 is 25.2 Å². The molecule has 198 valence electrons. The van der Waals surface area contributed by atoms with Gasteiger partial charge in [0.05, 0.1) is 14.2 Å². The Morgan fingerprint density at radius 2 is 1.87 bits per heavy atom. The van der Waals surface area contributed by atoms with Crippen molar-refractivity contribution >= 4 is 34.4 Å². The first kappa shape index (κ1) is 26.5. The van der Waals surface area contributed by atoms with Gasteiger partial charge in [-0.15, -0.1) is 0 Å². The standard InChI is InChI=1S/C24H22FN5O7S/c1-36-13-7-8-15(37-2)14(9-13)19(18-21(33)28-23(35)29-22(18)34)27-24-30-20(32)16(38-24)10-17(31)26-12-5-3-11(25)4-6-12/h3-9,16,19H,10H2,1-2H3,(H,26,31)(H,27,30,32)(H3,28,29,33,34,35)/t16-,19-/m0/s1. The highest BCUT2D eigenvalue weighted by atomic mass is 32.2. The van der Waals surface area contributed by atoms with Crippen LogP contribution in [0.15, 0.2) is 57.0 Å². The molecule has 0 radical (unpaired) electrons. The number of H-pyrrole nitrogens is 2. The third kappa shape index (κ3) is 5.86. The van der Waals surface area contributed by atoms with Gasteiger partial charge in [0.25, 0.3) is 5.56 Å². The summed E-state index contributed by atoms with van der Waals surface area (Å²) in [6.07, 6.45) is -0.218. The number of amides is 2. The van der Waals surface area contributed by atoms with Crippen molar-refractivity contribution < 1.29 is 28.6 Å². The second-order valence-electron chi connectivity index (χ2n) is 7.97. The third-order valence-corrected chi connectivity index (χ3v) is 6.58. The highest BCUT2D eigenvalue weighted by Gasteiger charge is 2.34. The molecule has 1 aliphatic rings. The number of thioether (sulfide) groups is 1. The molecule has 1 saturated heterocycles. The number of benzene rings is 2. The summed E-state index contributed by atoms with van der Waals surface area (Å²) in [6, 6.07) is 8.63. The summed E-state index contributed by atoms with van der Waals surface area (Å²) in [7, 11) is 2.83. The maximum atomic E-state index is 13.1. The summed E-state index contributed by atoms with van der Waals surface area (Å²) < 4.78 is 23.8. The van der Waals surface area contributed by atoms with E-state index in [1.807, 2.05) is 0 Å². The average Bonchev–Trinajstić information content (AvgIpc) is 3.21. The van der Waals surface area contributed by atoms with Gasteiger partial charge in [-0.05, 0) is 42.5 Å². The molecule has 2 aromatic carbocycles. The van der Waals surface area contributed by atoms with Crippen molar-refractivity contribution in [3.63, 3.8) is 0 Å². The van der Waals surface area contributed by atoms with Gasteiger partial charge in [0, 0.05) is 17.7 Å². The lowest BCUT2D eigenvalue weighted by Gasteiger charge is -2.18. The van der Waals surface area contributed by atoms with E-state index in [4.69, 9.17) is 9.47 Å². The summed E-state index contributed by atoms with van der Waals surface area (Å²) in [4.78, 5) is 58.1. The molecule has 0 saturated carbocycles. The predicted octanol–water partition coefficient (Wildman–Crippen LogP) is 1.63. The number of hydrogen-bond donors (Lipinski definition) is 5. The first-order chi connectivity index (χ1) is 18.2. The maximum absolute atomic E-state index is 13.1. The number of carbonyl (C=O) groups excluding carboxylic acids is 2. The van der Waals surface area contributed by atoms with E-state index in [2.05, 4.69) is 25.6 Å². The molecular weight excluding hydrogens is 521 g/mol. The van der Waals surface area contributed by atoms with Gasteiger partial charge in [-0.25, -0.2) is 14.2 Å². The van der Waals surface area contributed by atoms with E-state index >= 15 is 0 Å². The lowest BCUT2D eigenvalue weighted by atomic mass is 9.99. The van der Waals surface area contributed by atoms with Crippen LogP contribution in [0.1, 0.15) is 23.6 Å². The number of aromatic amines is 2. The van der Waals surface area contributed by atoms with Crippen LogP contribution in [0.4, 0.5) is 10.1 Å². The zero-order valence-electron chi connectivity index (χ0n) is 20.0. The number of carbonyl (C=O) groups is 2. The normalized spacial score (nSPS) is 16.7. The number of nitrogens with one attached hydrogen (secondary N) is 4. The Hall–Kier alpha value is -4.59. The Balaban J connectivity index is 1.66. The van der Waals surface area contributed by atoms with Crippen molar-refractivity contribution in [3.05, 3.63) is 80.2 Å². The second kappa shape index (κ2) is 11.2. The van der Waals surface area contributed by atoms with Gasteiger partial charge in [0.1, 0.15) is 34.2 Å². The second-order valence-corrected chi connectivity index (χ2v) is 9.16. The molecule has 5 N–H and O–H groups in total. The van der Waals surface area contributed by atoms with E-state index < -0.39 is 46.1 Å². The molecule has 2 atom stereocenters. The van der Waals surface area contributed by atoms with Gasteiger partial charge in [-0.1, -0.05) is 11.8 Å². The molecular formula is C24H22FN5O7S. The first-order valence-corrected chi connectivity index (χ1v) is 11.9. The number of halogens is 1. The number of rotatable bonds is 8. The van der Waals surface area contributed by atoms with Crippen LogP contribution < -0.4 is 31.4 Å². The van der Waals surface area contributed by atoms with Crippen LogP contribution in [0.5, 0.6) is 17.4 Å². The van der Waals surface area contributed by atoms with Gasteiger partial charge >= 0.3 is 5.69 Å². The zero-order chi connectivity index (χ0) is 27.4. The molecule has 1 fully saturated rings. The highest BCUT2D eigenvalue weighted by molar-refractivity contribution is 8.15. The number of aromatic hydroxyl groups is 1. The molecule has 1 aromatic heterocycles. The Bertz CT molecular complexity index is 1520. The number of hydrogen-bond acceptors (Lipinski definition) is 9. The van der Waals surface area contributed by atoms with Crippen molar-refractivity contribution in [1.82, 2.24) is 15.3 Å². The minimum absolute atomic E-state index is 0.0643. The van der Waals surface area contributed by atoms with Crippen LogP contribution in [0, 0.1) is 5.82 Å². The number of aliphatic imine (C=N–C) groups is 1. The number of ether oxygens (including phenoxy) is 2. The highest BCUT2D eigenvalue weighted by Crippen LogP contribution is 2.38. The van der Waals surface area contributed by atoms with Gasteiger partial charge in [0.2, 0.25) is 17.7 Å². The molecule has 38 heavy (non-hydrogen) atoms. The van der Waals surface area contributed by atoms with Crippen LogP contribution in [-0.4, -0.2) is 51.5 Å². The number of anilines is 1. The van der Waals surface area contributed by atoms with Crippen LogP contribution in [0.3, 0.4) is 0 Å². The van der Waals surface area contributed by atoms with Crippen molar-refractivity contribution in [2.45, 2.75) is 17.7 Å². The largest absolute Gasteiger partial charge is 0.497 e. The van der Waals surface area contributed by atoms with Crippen LogP contribution in [-0.2, 0) is 9.59 Å². The molecule has 4 rings (SSSR count). The van der Waals surface area contributed by atoms with Crippen molar-refractivity contribution in [3.8, 4) is 17.4 Å². The average molecular weight is 544 g/mol. The molecule has 0 bridgehead atoms. The van der Waals surface area contributed by atoms with Crippen LogP contribution in [0.25, 0.3) is 0 Å². The van der Waals surface area contributed by atoms with E-state index in [0.717, 1.165) is 11.8 Å². The fourth-order valence-electron chi connectivity index (χ4n) is 3.71. The predicted molar refractivity (Wildman–Crippen MR) is 137 cm³/mol. The van der Waals surface area contributed by atoms with E-state index in [1.54, 1.807) is 12.1 Å². The quantitative estimate of drug-likeness (QED) is 0.285. The van der Waals surface area contributed by atoms with E-state index in [1.165, 1.54) is 44.6 Å². The third-order valence-electron chi connectivity index (χ3n) is 5.49. The monoisotopic (exact) mass is 543 g/mol. The number of aromatic nitrogens is 2. The summed E-state index contributed by atoms with van der Waals surface area (Å²) in [5.41, 5.74) is -1.48. The van der Waals surface area contributed by atoms with E-state index in [9.17, 15) is 28.7 Å². The Morgan fingerprint density at radius 3 is 2.53 bits per heavy atom. The van der Waals surface area contributed by atoms with Crippen molar-refractivity contribution in [2.75, 3.05) is 19.5 Å². The van der Waals surface area contributed by atoms with E-state index in [-0.39, 0.29) is 22.9 Å². The zero-order valence-corrected chi connectivity index (χ0v) is 20.8. The minimum Gasteiger partial charge on any atom is -0.497 e. The Kier molecular flexibility index (Phi) is 7.81. The molecule has 0 aliphatic carbocycles. The lowest BCUT2D eigenvalue weighted by molar-refractivity contribution is -0.122. The molecule has 14 heteroatoms. The molecule has 12 nitrogen and oxygen atoms in total. The summed E-state index contributed by atoms with van der Waals surface area (Å²) in [5, 5.41) is 14.8. The van der Waals surface area contributed by atoms with Crippen LogP contribution in [0.2, 0.25) is 0 Å². The van der Waals surface area contributed by atoms with E-state index in [0.29, 0.717) is 17.0 Å². The Morgan fingerprint density at radius 1 is 1.13 bits per heavy atom. The van der Waals surface area contributed by atoms with Gasteiger partial charge in [-0.2, -0.15) is 0 Å². The first-order valence-electron chi connectivity index (χ1n) is 11.1. The molecule has 2 amide bonds. The Labute approximate surface area is 218 Å². The fraction of sp³-hybridized carbons (Fsp3) is 0.208. The summed E-state index contributed by atoms with van der Waals surface area (Å²) >= 11 is 0.947. The minimum atomic E-state index is -1.25. The number of methoxy groups -OCH3 is 2. The van der Waals surface area contributed by atoms with Crippen LogP contribution >= 0.6 is 11.8 Å². The van der Waals surface area contributed by atoms with Crippen molar-refractivity contribution in [2.24, 2.45) is 4.99 Å². The fourth-order valence-corrected chi connectivity index (χ4v) is 4.71. The molecule has 0 spiro atoms. The van der Waals surface area contributed by atoms with Gasteiger partial charge in [0.15, 0.2) is 5.17 Å². The SMILES string of the molecule is COc1ccc(OC)c([C@H](N=C2NC(=O)[C@H](CC(=O)Nc3ccc(F)cc3)S2)c2c(O)[nH]c(=O)[nH]c2=O)c1. The molecule has 1 aliphatic heterocycles. The smallest absolute Gasteiger partial charge is 0.328 e. The number of amidine groups is 1.